The van der Waals surface area contributed by atoms with Gasteiger partial charge in [-0.15, -0.1) is 0 Å². The lowest BCUT2D eigenvalue weighted by atomic mass is 9.86. The first kappa shape index (κ1) is 20.9. The van der Waals surface area contributed by atoms with Gasteiger partial charge < -0.3 is 15.6 Å². The smallest absolute Gasteiger partial charge is 0.341 e. The first-order valence-electron chi connectivity index (χ1n) is 11.3. The number of carbonyl (C=O) groups is 2. The minimum Gasteiger partial charge on any atom is -0.361 e. The van der Waals surface area contributed by atoms with Gasteiger partial charge in [0.1, 0.15) is 5.92 Å². The monoisotopic (exact) mass is 462 g/mol. The van der Waals surface area contributed by atoms with E-state index in [0.717, 1.165) is 38.5 Å². The molecule has 8 nitrogen and oxygen atoms in total. The molecule has 8 heteroatoms. The molecular formula is C27H22N6O2. The summed E-state index contributed by atoms with van der Waals surface area (Å²) in [5, 5.41) is 14.8. The third kappa shape index (κ3) is 3.85. The molecule has 0 radical (unpaired) electrons. The van der Waals surface area contributed by atoms with Crippen LogP contribution in [0.25, 0.3) is 32.9 Å². The number of amides is 3. The molecule has 3 aromatic carbocycles. The SMILES string of the molecule is CC1=NC(=O)NC(c2ccc(-c3ccc4[nH]ccc4c3)cc2)C1C(=O)Nc1ccc2[nH]ncc2c1. The lowest BCUT2D eigenvalue weighted by Crippen LogP contribution is -2.45. The molecule has 2 atom stereocenters. The van der Waals surface area contributed by atoms with Gasteiger partial charge in [-0.05, 0) is 65.4 Å². The van der Waals surface area contributed by atoms with E-state index >= 15 is 0 Å². The topological polar surface area (TPSA) is 115 Å². The fraction of sp³-hybridized carbons (Fsp3) is 0.111. The van der Waals surface area contributed by atoms with Gasteiger partial charge in [-0.2, -0.15) is 5.10 Å². The standard InChI is InChI=1S/C27H22N6O2/c1-15-24(26(34)31-21-7-9-23-20(13-21)14-29-33-23)25(32-27(35)30-15)17-4-2-16(3-5-17)18-6-8-22-19(12-18)10-11-28-22/h2-14,24-25,28H,1H3,(H,29,33)(H,31,34)(H,32,35). The third-order valence-electron chi connectivity index (χ3n) is 6.49. The maximum absolute atomic E-state index is 13.4. The number of carbonyl (C=O) groups excluding carboxylic acids is 2. The van der Waals surface area contributed by atoms with Gasteiger partial charge in [-0.3, -0.25) is 9.89 Å². The number of aromatic amines is 2. The van der Waals surface area contributed by atoms with E-state index < -0.39 is 18.0 Å². The minimum absolute atomic E-state index is 0.235. The average Bonchev–Trinajstić information content (AvgIpc) is 3.52. The van der Waals surface area contributed by atoms with Crippen molar-refractivity contribution in [1.82, 2.24) is 20.5 Å². The first-order chi connectivity index (χ1) is 17.0. The Bertz CT molecular complexity index is 1610. The summed E-state index contributed by atoms with van der Waals surface area (Å²) in [6, 6.07) is 20.8. The van der Waals surface area contributed by atoms with E-state index in [-0.39, 0.29) is 5.91 Å². The molecule has 5 aromatic rings. The van der Waals surface area contributed by atoms with Crippen molar-refractivity contribution in [3.05, 3.63) is 84.7 Å². The second-order valence-electron chi connectivity index (χ2n) is 8.72. The predicted molar refractivity (Wildman–Crippen MR) is 136 cm³/mol. The number of nitrogens with one attached hydrogen (secondary N) is 4. The molecule has 6 rings (SSSR count). The van der Waals surface area contributed by atoms with Crippen molar-refractivity contribution in [3.8, 4) is 11.1 Å². The van der Waals surface area contributed by atoms with Gasteiger partial charge in [-0.25, -0.2) is 9.79 Å². The molecule has 0 saturated carbocycles. The van der Waals surface area contributed by atoms with Crippen molar-refractivity contribution in [2.75, 3.05) is 5.32 Å². The van der Waals surface area contributed by atoms with E-state index in [1.807, 2.05) is 54.7 Å². The Morgan fingerprint density at radius 3 is 2.57 bits per heavy atom. The van der Waals surface area contributed by atoms with Crippen LogP contribution in [0, 0.1) is 5.92 Å². The molecule has 0 saturated heterocycles. The highest BCUT2D eigenvalue weighted by Crippen LogP contribution is 2.31. The summed E-state index contributed by atoms with van der Waals surface area (Å²) in [6.45, 7) is 1.72. The van der Waals surface area contributed by atoms with E-state index in [1.165, 1.54) is 0 Å². The molecule has 4 N–H and O–H groups in total. The van der Waals surface area contributed by atoms with Crippen molar-refractivity contribution in [2.24, 2.45) is 10.9 Å². The number of fused-ring (bicyclic) bond motifs is 2. The number of H-pyrrole nitrogens is 2. The zero-order chi connectivity index (χ0) is 23.9. The van der Waals surface area contributed by atoms with Crippen LogP contribution in [0.4, 0.5) is 10.5 Å². The molecule has 1 aliphatic rings. The molecule has 1 aliphatic heterocycles. The molecule has 0 aliphatic carbocycles. The van der Waals surface area contributed by atoms with Crippen LogP contribution < -0.4 is 10.6 Å². The highest BCUT2D eigenvalue weighted by molar-refractivity contribution is 6.13. The number of hydrogen-bond acceptors (Lipinski definition) is 3. The van der Waals surface area contributed by atoms with E-state index in [9.17, 15) is 9.59 Å². The Labute approximate surface area is 200 Å². The van der Waals surface area contributed by atoms with Crippen molar-refractivity contribution < 1.29 is 9.59 Å². The lowest BCUT2D eigenvalue weighted by molar-refractivity contribution is -0.118. The van der Waals surface area contributed by atoms with Crippen molar-refractivity contribution in [2.45, 2.75) is 13.0 Å². The van der Waals surface area contributed by atoms with Crippen molar-refractivity contribution in [3.63, 3.8) is 0 Å². The highest BCUT2D eigenvalue weighted by Gasteiger charge is 2.36. The number of aromatic nitrogens is 3. The zero-order valence-electron chi connectivity index (χ0n) is 18.9. The molecule has 3 amide bonds. The van der Waals surface area contributed by atoms with Crippen molar-refractivity contribution >= 4 is 45.1 Å². The van der Waals surface area contributed by atoms with Crippen LogP contribution in [0.2, 0.25) is 0 Å². The van der Waals surface area contributed by atoms with Gasteiger partial charge in [0, 0.05) is 28.5 Å². The number of rotatable bonds is 4. The minimum atomic E-state index is -0.644. The van der Waals surface area contributed by atoms with E-state index in [4.69, 9.17) is 0 Å². The highest BCUT2D eigenvalue weighted by atomic mass is 16.2. The van der Waals surface area contributed by atoms with Crippen LogP contribution in [0.1, 0.15) is 18.5 Å². The third-order valence-corrected chi connectivity index (χ3v) is 6.49. The van der Waals surface area contributed by atoms with Crippen LogP contribution in [-0.2, 0) is 4.79 Å². The van der Waals surface area contributed by atoms with Gasteiger partial charge in [0.05, 0.1) is 17.8 Å². The van der Waals surface area contributed by atoms with Gasteiger partial charge >= 0.3 is 6.03 Å². The lowest BCUT2D eigenvalue weighted by Gasteiger charge is -2.30. The van der Waals surface area contributed by atoms with Gasteiger partial charge in [0.15, 0.2) is 0 Å². The van der Waals surface area contributed by atoms with Crippen LogP contribution in [0.5, 0.6) is 0 Å². The molecule has 2 aromatic heterocycles. The molecule has 0 spiro atoms. The summed E-state index contributed by atoms with van der Waals surface area (Å²) >= 11 is 0. The quantitative estimate of drug-likeness (QED) is 0.295. The number of nitrogens with zero attached hydrogens (tertiary/aromatic N) is 2. The summed E-state index contributed by atoms with van der Waals surface area (Å²) in [5.41, 5.74) is 6.09. The Hall–Kier alpha value is -4.72. The summed E-state index contributed by atoms with van der Waals surface area (Å²) in [6.07, 6.45) is 3.63. The molecule has 172 valence electrons. The van der Waals surface area contributed by atoms with E-state index in [0.29, 0.717) is 11.4 Å². The van der Waals surface area contributed by atoms with E-state index in [1.54, 1.807) is 13.1 Å². The molecule has 0 fully saturated rings. The molecule has 3 heterocycles. The second-order valence-corrected chi connectivity index (χ2v) is 8.72. The first-order valence-corrected chi connectivity index (χ1v) is 11.3. The number of benzene rings is 3. The Balaban J connectivity index is 1.28. The fourth-order valence-electron chi connectivity index (χ4n) is 4.69. The maximum Gasteiger partial charge on any atom is 0.341 e. The number of urea groups is 1. The summed E-state index contributed by atoms with van der Waals surface area (Å²) in [4.78, 5) is 32.8. The normalized spacial score (nSPS) is 17.9. The van der Waals surface area contributed by atoms with Gasteiger partial charge in [-0.1, -0.05) is 30.3 Å². The maximum atomic E-state index is 13.4. The Kier molecular flexibility index (Phi) is 4.92. The number of hydrogen-bond donors (Lipinski definition) is 4. The fourth-order valence-corrected chi connectivity index (χ4v) is 4.69. The summed E-state index contributed by atoms with van der Waals surface area (Å²) in [7, 11) is 0. The Morgan fingerprint density at radius 1 is 0.914 bits per heavy atom. The Morgan fingerprint density at radius 2 is 1.71 bits per heavy atom. The van der Waals surface area contributed by atoms with E-state index in [2.05, 4.69) is 49.0 Å². The average molecular weight is 463 g/mol. The predicted octanol–water partition coefficient (Wildman–Crippen LogP) is 5.19. The molecule has 35 heavy (non-hydrogen) atoms. The van der Waals surface area contributed by atoms with Gasteiger partial charge in [0.2, 0.25) is 5.91 Å². The molecule has 0 bridgehead atoms. The number of aliphatic imine (C=N–C) groups is 1. The van der Waals surface area contributed by atoms with Crippen LogP contribution >= 0.6 is 0 Å². The van der Waals surface area contributed by atoms with Crippen LogP contribution in [-0.4, -0.2) is 32.8 Å². The summed E-state index contributed by atoms with van der Waals surface area (Å²) < 4.78 is 0. The van der Waals surface area contributed by atoms with Crippen LogP contribution in [0.3, 0.4) is 0 Å². The van der Waals surface area contributed by atoms with Crippen LogP contribution in [0.15, 0.2) is 84.1 Å². The number of anilines is 1. The van der Waals surface area contributed by atoms with Crippen molar-refractivity contribution in [1.29, 1.82) is 0 Å². The molecular weight excluding hydrogens is 440 g/mol. The summed E-state index contributed by atoms with van der Waals surface area (Å²) in [5.74, 6) is -0.879. The van der Waals surface area contributed by atoms with Gasteiger partial charge in [0.25, 0.3) is 0 Å². The zero-order valence-corrected chi connectivity index (χ0v) is 18.9. The largest absolute Gasteiger partial charge is 0.361 e. The second kappa shape index (κ2) is 8.25. The molecule has 2 unspecified atom stereocenters.